The molecule has 0 saturated carbocycles. The van der Waals surface area contributed by atoms with Gasteiger partial charge < -0.3 is 10.6 Å². The van der Waals surface area contributed by atoms with E-state index in [1.54, 1.807) is 23.1 Å². The van der Waals surface area contributed by atoms with Gasteiger partial charge in [-0.1, -0.05) is 6.07 Å². The molecule has 0 amide bonds. The lowest BCUT2D eigenvalue weighted by Crippen LogP contribution is -2.37. The zero-order valence-corrected chi connectivity index (χ0v) is 14.8. The Bertz CT molecular complexity index is 521. The fourth-order valence-electron chi connectivity index (χ4n) is 1.73. The molecule has 0 radical (unpaired) electrons. The summed E-state index contributed by atoms with van der Waals surface area (Å²) in [5.74, 6) is 0.820. The van der Waals surface area contributed by atoms with Crippen molar-refractivity contribution in [3.05, 3.63) is 40.3 Å². The topological polar surface area (TPSA) is 54.2 Å². The Labute approximate surface area is 140 Å². The maximum Gasteiger partial charge on any atom is 0.191 e. The number of hydrogen-bond acceptors (Lipinski definition) is 3. The number of halogens is 1. The van der Waals surface area contributed by atoms with E-state index in [0.717, 1.165) is 31.0 Å². The van der Waals surface area contributed by atoms with E-state index in [1.807, 2.05) is 19.4 Å². The summed E-state index contributed by atoms with van der Waals surface area (Å²) in [5, 5.41) is 12.8. The number of nitrogens with one attached hydrogen (secondary N) is 2. The molecular weight excluding hydrogens is 385 g/mol. The third-order valence-electron chi connectivity index (χ3n) is 2.69. The summed E-state index contributed by atoms with van der Waals surface area (Å²) in [6.07, 6.45) is 4.86. The van der Waals surface area contributed by atoms with Crippen molar-refractivity contribution in [1.29, 1.82) is 0 Å². The van der Waals surface area contributed by atoms with E-state index in [9.17, 15) is 0 Å². The molecule has 0 fully saturated rings. The van der Waals surface area contributed by atoms with Crippen molar-refractivity contribution in [2.45, 2.75) is 13.0 Å². The van der Waals surface area contributed by atoms with Crippen LogP contribution in [-0.2, 0) is 20.0 Å². The number of guanidine groups is 1. The summed E-state index contributed by atoms with van der Waals surface area (Å²) >= 11 is 1.78. The van der Waals surface area contributed by atoms with Crippen molar-refractivity contribution in [2.24, 2.45) is 12.0 Å². The molecule has 0 aromatic carbocycles. The maximum absolute atomic E-state index is 4.20. The minimum atomic E-state index is 0. The van der Waals surface area contributed by atoms with E-state index in [2.05, 4.69) is 38.2 Å². The molecule has 0 bridgehead atoms. The highest BCUT2D eigenvalue weighted by Gasteiger charge is 2.00. The Morgan fingerprint density at radius 1 is 1.45 bits per heavy atom. The summed E-state index contributed by atoms with van der Waals surface area (Å²) in [4.78, 5) is 5.58. The quantitative estimate of drug-likeness (QED) is 0.455. The van der Waals surface area contributed by atoms with Gasteiger partial charge >= 0.3 is 0 Å². The maximum atomic E-state index is 4.20. The molecule has 7 heteroatoms. The van der Waals surface area contributed by atoms with Crippen LogP contribution >= 0.6 is 35.3 Å². The van der Waals surface area contributed by atoms with Gasteiger partial charge in [0.25, 0.3) is 0 Å². The minimum Gasteiger partial charge on any atom is -0.356 e. The first-order valence-electron chi connectivity index (χ1n) is 6.22. The van der Waals surface area contributed by atoms with Crippen molar-refractivity contribution < 1.29 is 0 Å². The van der Waals surface area contributed by atoms with Gasteiger partial charge in [-0.2, -0.15) is 5.10 Å². The lowest BCUT2D eigenvalue weighted by molar-refractivity contribution is 0.764. The van der Waals surface area contributed by atoms with Crippen LogP contribution in [0, 0.1) is 0 Å². The fraction of sp³-hybridized carbons (Fsp3) is 0.385. The number of hydrogen-bond donors (Lipinski definition) is 2. The van der Waals surface area contributed by atoms with Gasteiger partial charge in [0, 0.05) is 43.8 Å². The summed E-state index contributed by atoms with van der Waals surface area (Å²) < 4.78 is 1.80. The van der Waals surface area contributed by atoms with Crippen molar-refractivity contribution in [1.82, 2.24) is 20.4 Å². The van der Waals surface area contributed by atoms with Crippen LogP contribution in [0.5, 0.6) is 0 Å². The summed E-state index contributed by atoms with van der Waals surface area (Å²) in [6, 6.07) is 4.23. The predicted octanol–water partition coefficient (Wildman–Crippen LogP) is 2.01. The highest BCUT2D eigenvalue weighted by Crippen LogP contribution is 2.07. The lowest BCUT2D eigenvalue weighted by atomic mass is 10.3. The number of aliphatic imine (C=N–C) groups is 1. The van der Waals surface area contributed by atoms with Crippen LogP contribution in [0.4, 0.5) is 0 Å². The third kappa shape index (κ3) is 5.49. The molecule has 2 aromatic rings. The first-order chi connectivity index (χ1) is 9.28. The van der Waals surface area contributed by atoms with Gasteiger partial charge in [0.15, 0.2) is 5.96 Å². The SMILES string of the molecule is CN=C(NCCc1cccs1)NCc1cnn(C)c1.I. The largest absolute Gasteiger partial charge is 0.356 e. The van der Waals surface area contributed by atoms with Crippen LogP contribution in [-0.4, -0.2) is 29.3 Å². The molecule has 0 aliphatic rings. The monoisotopic (exact) mass is 405 g/mol. The van der Waals surface area contributed by atoms with E-state index in [0.29, 0.717) is 0 Å². The number of aryl methyl sites for hydroxylation is 1. The summed E-state index contributed by atoms with van der Waals surface area (Å²) in [6.45, 7) is 1.61. The second-order valence-corrected chi connectivity index (χ2v) is 5.24. The average Bonchev–Trinajstić information content (AvgIpc) is 3.05. The third-order valence-corrected chi connectivity index (χ3v) is 3.62. The second kappa shape index (κ2) is 8.96. The molecule has 2 aromatic heterocycles. The molecule has 0 atom stereocenters. The van der Waals surface area contributed by atoms with Gasteiger partial charge in [0.1, 0.15) is 0 Å². The predicted molar refractivity (Wildman–Crippen MR) is 94.8 cm³/mol. The van der Waals surface area contributed by atoms with Gasteiger partial charge in [-0.3, -0.25) is 9.67 Å². The molecule has 0 aliphatic heterocycles. The zero-order valence-electron chi connectivity index (χ0n) is 11.7. The van der Waals surface area contributed by atoms with Crippen LogP contribution in [0.1, 0.15) is 10.4 Å². The summed E-state index contributed by atoms with van der Waals surface area (Å²) in [7, 11) is 3.70. The molecule has 0 aliphatic carbocycles. The number of thiophene rings is 1. The number of aromatic nitrogens is 2. The average molecular weight is 405 g/mol. The first-order valence-corrected chi connectivity index (χ1v) is 7.10. The van der Waals surface area contributed by atoms with Crippen LogP contribution in [0.25, 0.3) is 0 Å². The lowest BCUT2D eigenvalue weighted by Gasteiger charge is -2.10. The summed E-state index contributed by atoms with van der Waals surface area (Å²) in [5.41, 5.74) is 1.14. The Morgan fingerprint density at radius 3 is 2.90 bits per heavy atom. The Balaban J connectivity index is 0.00000200. The molecule has 2 rings (SSSR count). The van der Waals surface area contributed by atoms with E-state index >= 15 is 0 Å². The van der Waals surface area contributed by atoms with Gasteiger partial charge in [-0.05, 0) is 17.9 Å². The van der Waals surface area contributed by atoms with E-state index in [1.165, 1.54) is 4.88 Å². The Hall–Kier alpha value is -1.09. The van der Waals surface area contributed by atoms with Gasteiger partial charge in [0.2, 0.25) is 0 Å². The highest BCUT2D eigenvalue weighted by molar-refractivity contribution is 14.0. The molecule has 2 heterocycles. The van der Waals surface area contributed by atoms with Crippen LogP contribution in [0.2, 0.25) is 0 Å². The van der Waals surface area contributed by atoms with Crippen molar-refractivity contribution in [2.75, 3.05) is 13.6 Å². The number of rotatable bonds is 5. The van der Waals surface area contributed by atoms with Crippen molar-refractivity contribution in [3.8, 4) is 0 Å². The molecule has 2 N–H and O–H groups in total. The minimum absolute atomic E-state index is 0. The van der Waals surface area contributed by atoms with Crippen LogP contribution < -0.4 is 10.6 Å². The smallest absolute Gasteiger partial charge is 0.191 e. The number of nitrogens with zero attached hydrogens (tertiary/aromatic N) is 3. The second-order valence-electron chi connectivity index (χ2n) is 4.20. The van der Waals surface area contributed by atoms with Crippen molar-refractivity contribution in [3.63, 3.8) is 0 Å². The van der Waals surface area contributed by atoms with Gasteiger partial charge in [-0.15, -0.1) is 35.3 Å². The molecule has 0 unspecified atom stereocenters. The molecule has 0 spiro atoms. The molecule has 0 saturated heterocycles. The van der Waals surface area contributed by atoms with Crippen LogP contribution in [0.15, 0.2) is 34.9 Å². The van der Waals surface area contributed by atoms with Gasteiger partial charge in [0.05, 0.1) is 6.20 Å². The van der Waals surface area contributed by atoms with E-state index < -0.39 is 0 Å². The van der Waals surface area contributed by atoms with Gasteiger partial charge in [-0.25, -0.2) is 0 Å². The van der Waals surface area contributed by atoms with E-state index in [-0.39, 0.29) is 24.0 Å². The zero-order chi connectivity index (χ0) is 13.5. The fourth-order valence-corrected chi connectivity index (χ4v) is 2.44. The standard InChI is InChI=1S/C13H19N5S.HI/c1-14-13(15-6-5-12-4-3-7-19-12)16-8-11-9-17-18(2)10-11;/h3-4,7,9-10H,5-6,8H2,1-2H3,(H2,14,15,16);1H. The normalized spacial score (nSPS) is 11.0. The Kier molecular flexibility index (Phi) is 7.60. The first kappa shape index (κ1) is 17.0. The highest BCUT2D eigenvalue weighted by atomic mass is 127. The van der Waals surface area contributed by atoms with Crippen LogP contribution in [0.3, 0.4) is 0 Å². The van der Waals surface area contributed by atoms with Crippen molar-refractivity contribution >= 4 is 41.3 Å². The van der Waals surface area contributed by atoms with E-state index in [4.69, 9.17) is 0 Å². The molecule has 110 valence electrons. The molecule has 20 heavy (non-hydrogen) atoms. The Morgan fingerprint density at radius 2 is 2.30 bits per heavy atom. The molecular formula is C13H20IN5S. The molecule has 5 nitrogen and oxygen atoms in total.